The molecule has 5 nitrogen and oxygen atoms in total. The number of aryl methyl sites for hydroxylation is 1. The van der Waals surface area contributed by atoms with Crippen LogP contribution < -0.4 is 15.4 Å². The molecule has 1 aromatic heterocycles. The lowest BCUT2D eigenvalue weighted by molar-refractivity contribution is 0.414. The van der Waals surface area contributed by atoms with E-state index in [-0.39, 0.29) is 0 Å². The number of hydrogen-bond acceptors (Lipinski definition) is 5. The highest BCUT2D eigenvalue weighted by Gasteiger charge is 2.05. The molecule has 1 heterocycles. The van der Waals surface area contributed by atoms with Gasteiger partial charge in [-0.3, -0.25) is 0 Å². The maximum absolute atomic E-state index is 6.19. The summed E-state index contributed by atoms with van der Waals surface area (Å²) < 4.78 is 5.17. The average Bonchev–Trinajstić information content (AvgIpc) is 2.62. The van der Waals surface area contributed by atoms with Crippen LogP contribution in [0.3, 0.4) is 0 Å². The Bertz CT molecular complexity index is 852. The number of methoxy groups -OCH3 is 1. The Hall–Kier alpha value is -2.79. The van der Waals surface area contributed by atoms with E-state index in [2.05, 4.69) is 20.6 Å². The lowest BCUT2D eigenvalue weighted by atomic mass is 10.2. The van der Waals surface area contributed by atoms with E-state index in [1.165, 1.54) is 0 Å². The number of halogens is 1. The number of para-hydroxylation sites is 1. The number of benzene rings is 2. The molecular weight excluding hydrogens is 336 g/mol. The molecule has 0 aliphatic heterocycles. The highest BCUT2D eigenvalue weighted by molar-refractivity contribution is 6.33. The van der Waals surface area contributed by atoms with E-state index >= 15 is 0 Å². The van der Waals surface area contributed by atoms with E-state index in [0.717, 1.165) is 22.8 Å². The van der Waals surface area contributed by atoms with Crippen LogP contribution in [0.25, 0.3) is 0 Å². The van der Waals surface area contributed by atoms with Gasteiger partial charge < -0.3 is 15.4 Å². The second-order valence-corrected chi connectivity index (χ2v) is 5.90. The molecule has 2 aromatic carbocycles. The quantitative estimate of drug-likeness (QED) is 0.665. The summed E-state index contributed by atoms with van der Waals surface area (Å²) in [5, 5.41) is 7.19. The standard InChI is InChI=1S/C19H19ClN4O/c1-13-22-18(21-12-14-7-9-15(25-2)10-8-14)11-19(23-13)24-17-6-4-3-5-16(17)20/h3-11H,12H2,1-2H3,(H2,21,22,23,24). The van der Waals surface area contributed by atoms with Crippen molar-refractivity contribution >= 4 is 28.9 Å². The number of nitrogens with one attached hydrogen (secondary N) is 2. The summed E-state index contributed by atoms with van der Waals surface area (Å²) in [6, 6.07) is 17.3. The van der Waals surface area contributed by atoms with Crippen molar-refractivity contribution in [1.29, 1.82) is 0 Å². The minimum Gasteiger partial charge on any atom is -0.497 e. The molecule has 0 fully saturated rings. The fraction of sp³-hybridized carbons (Fsp3) is 0.158. The summed E-state index contributed by atoms with van der Waals surface area (Å²) in [5.74, 6) is 2.96. The Balaban J connectivity index is 1.71. The molecule has 0 spiro atoms. The van der Waals surface area contributed by atoms with Crippen molar-refractivity contribution in [2.75, 3.05) is 17.7 Å². The van der Waals surface area contributed by atoms with E-state index in [1.54, 1.807) is 7.11 Å². The monoisotopic (exact) mass is 354 g/mol. The molecule has 0 aliphatic carbocycles. The molecule has 6 heteroatoms. The molecule has 0 saturated carbocycles. The number of aromatic nitrogens is 2. The van der Waals surface area contributed by atoms with Crippen LogP contribution in [0.2, 0.25) is 5.02 Å². The zero-order valence-corrected chi connectivity index (χ0v) is 14.8. The van der Waals surface area contributed by atoms with Gasteiger partial charge in [-0.05, 0) is 36.8 Å². The molecule has 0 bridgehead atoms. The minimum atomic E-state index is 0.645. The fourth-order valence-corrected chi connectivity index (χ4v) is 2.54. The van der Waals surface area contributed by atoms with Crippen molar-refractivity contribution in [3.05, 3.63) is 71.0 Å². The maximum Gasteiger partial charge on any atom is 0.136 e. The first-order chi connectivity index (χ1) is 12.1. The van der Waals surface area contributed by atoms with Crippen LogP contribution >= 0.6 is 11.6 Å². The number of hydrogen-bond donors (Lipinski definition) is 2. The van der Waals surface area contributed by atoms with Gasteiger partial charge in [0.15, 0.2) is 0 Å². The van der Waals surface area contributed by atoms with Crippen molar-refractivity contribution in [1.82, 2.24) is 9.97 Å². The third-order valence-corrected chi connectivity index (χ3v) is 3.94. The molecule has 0 radical (unpaired) electrons. The Morgan fingerprint density at radius 3 is 2.44 bits per heavy atom. The predicted molar refractivity (Wildman–Crippen MR) is 102 cm³/mol. The maximum atomic E-state index is 6.19. The topological polar surface area (TPSA) is 59.1 Å². The van der Waals surface area contributed by atoms with E-state index in [9.17, 15) is 0 Å². The van der Waals surface area contributed by atoms with Crippen LogP contribution in [0.15, 0.2) is 54.6 Å². The van der Waals surface area contributed by atoms with E-state index < -0.39 is 0 Å². The largest absolute Gasteiger partial charge is 0.497 e. The lowest BCUT2D eigenvalue weighted by Gasteiger charge is -2.11. The molecule has 0 saturated heterocycles. The predicted octanol–water partition coefficient (Wildman–Crippen LogP) is 4.80. The molecule has 3 aromatic rings. The molecule has 128 valence electrons. The lowest BCUT2D eigenvalue weighted by Crippen LogP contribution is -2.05. The van der Waals surface area contributed by atoms with Gasteiger partial charge in [-0.1, -0.05) is 35.9 Å². The minimum absolute atomic E-state index is 0.645. The van der Waals surface area contributed by atoms with E-state index in [1.807, 2.05) is 61.5 Å². The summed E-state index contributed by atoms with van der Waals surface area (Å²) in [6.45, 7) is 2.52. The van der Waals surface area contributed by atoms with Gasteiger partial charge in [-0.2, -0.15) is 0 Å². The van der Waals surface area contributed by atoms with Crippen LogP contribution in [-0.2, 0) is 6.54 Å². The zero-order chi connectivity index (χ0) is 17.6. The van der Waals surface area contributed by atoms with Gasteiger partial charge in [-0.15, -0.1) is 0 Å². The highest BCUT2D eigenvalue weighted by Crippen LogP contribution is 2.25. The van der Waals surface area contributed by atoms with Gasteiger partial charge in [0.05, 0.1) is 17.8 Å². The summed E-state index contributed by atoms with van der Waals surface area (Å²) in [5.41, 5.74) is 1.95. The van der Waals surface area contributed by atoms with Crippen molar-refractivity contribution in [2.24, 2.45) is 0 Å². The fourth-order valence-electron chi connectivity index (χ4n) is 2.36. The van der Waals surface area contributed by atoms with Gasteiger partial charge in [0.25, 0.3) is 0 Å². The molecule has 0 unspecified atom stereocenters. The average molecular weight is 355 g/mol. The van der Waals surface area contributed by atoms with Crippen molar-refractivity contribution in [3.8, 4) is 5.75 Å². The number of anilines is 3. The summed E-state index contributed by atoms with van der Waals surface area (Å²) in [6.07, 6.45) is 0. The Morgan fingerprint density at radius 1 is 1.00 bits per heavy atom. The molecule has 0 aliphatic rings. The van der Waals surface area contributed by atoms with Crippen LogP contribution in [0, 0.1) is 6.92 Å². The third-order valence-electron chi connectivity index (χ3n) is 3.61. The van der Waals surface area contributed by atoms with Crippen LogP contribution in [0.4, 0.5) is 17.3 Å². The number of ether oxygens (including phenoxy) is 1. The first kappa shape index (κ1) is 17.0. The first-order valence-electron chi connectivity index (χ1n) is 7.88. The van der Waals surface area contributed by atoms with Crippen molar-refractivity contribution < 1.29 is 4.74 Å². The zero-order valence-electron chi connectivity index (χ0n) is 14.1. The van der Waals surface area contributed by atoms with E-state index in [0.29, 0.717) is 23.2 Å². The number of rotatable bonds is 6. The molecule has 2 N–H and O–H groups in total. The molecule has 0 amide bonds. The van der Waals surface area contributed by atoms with Crippen molar-refractivity contribution in [2.45, 2.75) is 13.5 Å². The van der Waals surface area contributed by atoms with Gasteiger partial charge >= 0.3 is 0 Å². The molecule has 0 atom stereocenters. The van der Waals surface area contributed by atoms with Gasteiger partial charge in [0.2, 0.25) is 0 Å². The number of nitrogens with zero attached hydrogens (tertiary/aromatic N) is 2. The molecule has 25 heavy (non-hydrogen) atoms. The van der Waals surface area contributed by atoms with Gasteiger partial charge in [0, 0.05) is 12.6 Å². The Labute approximate surface area is 152 Å². The second-order valence-electron chi connectivity index (χ2n) is 5.49. The van der Waals surface area contributed by atoms with Gasteiger partial charge in [-0.25, -0.2) is 9.97 Å². The summed E-state index contributed by atoms with van der Waals surface area (Å²) >= 11 is 6.19. The van der Waals surface area contributed by atoms with Gasteiger partial charge in [0.1, 0.15) is 23.2 Å². The SMILES string of the molecule is COc1ccc(CNc2cc(Nc3ccccc3Cl)nc(C)n2)cc1. The van der Waals surface area contributed by atoms with E-state index in [4.69, 9.17) is 16.3 Å². The summed E-state index contributed by atoms with van der Waals surface area (Å²) in [4.78, 5) is 8.84. The van der Waals surface area contributed by atoms with Crippen LogP contribution in [-0.4, -0.2) is 17.1 Å². The second kappa shape index (κ2) is 7.85. The van der Waals surface area contributed by atoms with Crippen LogP contribution in [0.5, 0.6) is 5.75 Å². The molecular formula is C19H19ClN4O. The smallest absolute Gasteiger partial charge is 0.136 e. The Morgan fingerprint density at radius 2 is 1.72 bits per heavy atom. The van der Waals surface area contributed by atoms with Crippen LogP contribution in [0.1, 0.15) is 11.4 Å². The Kier molecular flexibility index (Phi) is 5.36. The summed E-state index contributed by atoms with van der Waals surface area (Å²) in [7, 11) is 1.66. The first-order valence-corrected chi connectivity index (χ1v) is 8.26. The normalized spacial score (nSPS) is 10.4. The molecule has 3 rings (SSSR count). The third kappa shape index (κ3) is 4.61. The highest BCUT2D eigenvalue weighted by atomic mass is 35.5. The van der Waals surface area contributed by atoms with Crippen molar-refractivity contribution in [3.63, 3.8) is 0 Å².